The van der Waals surface area contributed by atoms with Crippen LogP contribution in [0.3, 0.4) is 0 Å². The highest BCUT2D eigenvalue weighted by molar-refractivity contribution is 6.36. The van der Waals surface area contributed by atoms with E-state index >= 15 is 0 Å². The average molecular weight is 340 g/mol. The second-order valence-corrected chi connectivity index (χ2v) is 6.04. The summed E-state index contributed by atoms with van der Waals surface area (Å²) < 4.78 is 5.83. The zero-order valence-corrected chi connectivity index (χ0v) is 13.5. The van der Waals surface area contributed by atoms with Gasteiger partial charge in [-0.25, -0.2) is 4.98 Å². The molecule has 0 amide bonds. The molecule has 0 atom stereocenters. The van der Waals surface area contributed by atoms with Crippen molar-refractivity contribution in [2.75, 3.05) is 0 Å². The monoisotopic (exact) mass is 339 g/mol. The molecule has 0 N–H and O–H groups in total. The highest BCUT2D eigenvalue weighted by atomic mass is 35.5. The summed E-state index contributed by atoms with van der Waals surface area (Å²) in [6.45, 7) is 0. The Morgan fingerprint density at radius 3 is 2.39 bits per heavy atom. The third-order valence-corrected chi connectivity index (χ3v) is 4.20. The maximum absolute atomic E-state index is 6.23. The molecule has 4 aromatic rings. The summed E-state index contributed by atoms with van der Waals surface area (Å²) in [5, 5.41) is 1.11. The fourth-order valence-electron chi connectivity index (χ4n) is 2.52. The first-order valence-corrected chi connectivity index (χ1v) is 7.88. The molecule has 4 rings (SSSR count). The molecule has 0 saturated carbocycles. The van der Waals surface area contributed by atoms with E-state index in [2.05, 4.69) is 17.1 Å². The van der Waals surface area contributed by atoms with Gasteiger partial charge in [0, 0.05) is 5.02 Å². The van der Waals surface area contributed by atoms with Gasteiger partial charge in [-0.05, 0) is 41.5 Å². The third-order valence-electron chi connectivity index (χ3n) is 3.66. The highest BCUT2D eigenvalue weighted by Gasteiger charge is 2.12. The topological polar surface area (TPSA) is 26.0 Å². The molecular formula is C19H11Cl2NO. The molecule has 4 heteroatoms. The lowest BCUT2D eigenvalue weighted by atomic mass is 10.1. The fourth-order valence-corrected chi connectivity index (χ4v) is 3.01. The van der Waals surface area contributed by atoms with E-state index in [4.69, 9.17) is 27.6 Å². The first kappa shape index (κ1) is 14.3. The largest absolute Gasteiger partial charge is 0.436 e. The van der Waals surface area contributed by atoms with Crippen molar-refractivity contribution >= 4 is 34.3 Å². The standard InChI is InChI=1S/C19H11Cl2NO/c20-14-7-8-15(16(21)11-14)19-22-17-10-13(6-9-18(17)23-19)12-4-2-1-3-5-12/h1-11H. The van der Waals surface area contributed by atoms with Crippen molar-refractivity contribution in [3.63, 3.8) is 0 Å². The van der Waals surface area contributed by atoms with Crippen LogP contribution in [0.1, 0.15) is 0 Å². The maximum atomic E-state index is 6.23. The molecule has 2 nitrogen and oxygen atoms in total. The number of nitrogens with zero attached hydrogens (tertiary/aromatic N) is 1. The second kappa shape index (κ2) is 5.73. The summed E-state index contributed by atoms with van der Waals surface area (Å²) in [7, 11) is 0. The van der Waals surface area contributed by atoms with Gasteiger partial charge in [0.25, 0.3) is 0 Å². The van der Waals surface area contributed by atoms with Gasteiger partial charge in [-0.3, -0.25) is 0 Å². The van der Waals surface area contributed by atoms with Gasteiger partial charge >= 0.3 is 0 Å². The minimum Gasteiger partial charge on any atom is -0.436 e. The van der Waals surface area contributed by atoms with Crippen molar-refractivity contribution < 1.29 is 4.42 Å². The SMILES string of the molecule is Clc1ccc(-c2nc3cc(-c4ccccc4)ccc3o2)c(Cl)c1. The van der Waals surface area contributed by atoms with Crippen LogP contribution in [-0.4, -0.2) is 4.98 Å². The summed E-state index contributed by atoms with van der Waals surface area (Å²) in [5.41, 5.74) is 4.50. The van der Waals surface area contributed by atoms with Crippen LogP contribution in [0.25, 0.3) is 33.7 Å². The number of hydrogen-bond donors (Lipinski definition) is 0. The zero-order chi connectivity index (χ0) is 15.8. The lowest BCUT2D eigenvalue weighted by Crippen LogP contribution is -1.79. The molecule has 3 aromatic carbocycles. The maximum Gasteiger partial charge on any atom is 0.228 e. The molecule has 1 aromatic heterocycles. The van der Waals surface area contributed by atoms with Crippen molar-refractivity contribution in [1.82, 2.24) is 4.98 Å². The molecule has 0 fully saturated rings. The van der Waals surface area contributed by atoms with Crippen LogP contribution in [0, 0.1) is 0 Å². The summed E-state index contributed by atoms with van der Waals surface area (Å²) in [6, 6.07) is 21.4. The van der Waals surface area contributed by atoms with Gasteiger partial charge in [0.05, 0.1) is 10.6 Å². The van der Waals surface area contributed by atoms with E-state index in [9.17, 15) is 0 Å². The number of oxazole rings is 1. The average Bonchev–Trinajstić information content (AvgIpc) is 2.98. The second-order valence-electron chi connectivity index (χ2n) is 5.19. The lowest BCUT2D eigenvalue weighted by Gasteiger charge is -1.99. The summed E-state index contributed by atoms with van der Waals surface area (Å²) in [6.07, 6.45) is 0. The Hall–Kier alpha value is -2.29. The van der Waals surface area contributed by atoms with E-state index in [0.717, 1.165) is 27.8 Å². The van der Waals surface area contributed by atoms with Crippen molar-refractivity contribution in [2.45, 2.75) is 0 Å². The summed E-state index contributed by atoms with van der Waals surface area (Å²) in [5.74, 6) is 0.492. The molecule has 0 unspecified atom stereocenters. The van der Waals surface area contributed by atoms with E-state index in [1.807, 2.05) is 42.5 Å². The lowest BCUT2D eigenvalue weighted by molar-refractivity contribution is 0.620. The minimum atomic E-state index is 0.492. The number of fused-ring (bicyclic) bond motifs is 1. The Morgan fingerprint density at radius 2 is 1.61 bits per heavy atom. The van der Waals surface area contributed by atoms with E-state index in [-0.39, 0.29) is 0 Å². The Labute approximate surface area is 143 Å². The molecule has 23 heavy (non-hydrogen) atoms. The van der Waals surface area contributed by atoms with Crippen LogP contribution in [0.2, 0.25) is 10.0 Å². The van der Waals surface area contributed by atoms with Crippen LogP contribution in [-0.2, 0) is 0 Å². The molecule has 112 valence electrons. The van der Waals surface area contributed by atoms with Gasteiger partial charge in [-0.1, -0.05) is 59.6 Å². The van der Waals surface area contributed by atoms with E-state index < -0.39 is 0 Å². The predicted octanol–water partition coefficient (Wildman–Crippen LogP) is 6.47. The number of rotatable bonds is 2. The molecule has 1 heterocycles. The quantitative estimate of drug-likeness (QED) is 0.418. The van der Waals surface area contributed by atoms with Gasteiger partial charge in [0.2, 0.25) is 5.89 Å². The minimum absolute atomic E-state index is 0.492. The Kier molecular flexibility index (Phi) is 3.56. The summed E-state index contributed by atoms with van der Waals surface area (Å²) >= 11 is 12.2. The molecule has 0 saturated heterocycles. The van der Waals surface area contributed by atoms with Gasteiger partial charge in [0.1, 0.15) is 5.52 Å². The molecular weight excluding hydrogens is 329 g/mol. The summed E-state index contributed by atoms with van der Waals surface area (Å²) in [4.78, 5) is 4.57. The van der Waals surface area contributed by atoms with E-state index in [1.165, 1.54) is 0 Å². The molecule has 0 aliphatic carbocycles. The smallest absolute Gasteiger partial charge is 0.228 e. The van der Waals surface area contributed by atoms with Crippen molar-refractivity contribution in [3.05, 3.63) is 76.8 Å². The Bertz CT molecular complexity index is 993. The first-order valence-electron chi connectivity index (χ1n) is 7.12. The molecule has 0 aliphatic heterocycles. The van der Waals surface area contributed by atoms with Crippen LogP contribution in [0.15, 0.2) is 71.1 Å². The predicted molar refractivity (Wildman–Crippen MR) is 94.9 cm³/mol. The van der Waals surface area contributed by atoms with E-state index in [0.29, 0.717) is 15.9 Å². The Balaban J connectivity index is 1.82. The Morgan fingerprint density at radius 1 is 0.783 bits per heavy atom. The molecule has 0 spiro atoms. The van der Waals surface area contributed by atoms with Crippen LogP contribution >= 0.6 is 23.2 Å². The van der Waals surface area contributed by atoms with Gasteiger partial charge in [-0.2, -0.15) is 0 Å². The number of halogens is 2. The molecule has 0 radical (unpaired) electrons. The third kappa shape index (κ3) is 2.72. The van der Waals surface area contributed by atoms with Gasteiger partial charge < -0.3 is 4.42 Å². The van der Waals surface area contributed by atoms with Crippen LogP contribution in [0.4, 0.5) is 0 Å². The van der Waals surface area contributed by atoms with Crippen LogP contribution < -0.4 is 0 Å². The van der Waals surface area contributed by atoms with Crippen molar-refractivity contribution in [1.29, 1.82) is 0 Å². The molecule has 0 bridgehead atoms. The fraction of sp³-hybridized carbons (Fsp3) is 0. The van der Waals surface area contributed by atoms with Gasteiger partial charge in [-0.15, -0.1) is 0 Å². The van der Waals surface area contributed by atoms with Crippen molar-refractivity contribution in [2.24, 2.45) is 0 Å². The number of aromatic nitrogens is 1. The van der Waals surface area contributed by atoms with E-state index in [1.54, 1.807) is 12.1 Å². The van der Waals surface area contributed by atoms with Crippen molar-refractivity contribution in [3.8, 4) is 22.6 Å². The molecule has 0 aliphatic rings. The van der Waals surface area contributed by atoms with Gasteiger partial charge in [0.15, 0.2) is 5.58 Å². The zero-order valence-electron chi connectivity index (χ0n) is 12.0. The normalized spacial score (nSPS) is 11.0. The number of benzene rings is 3. The number of hydrogen-bond acceptors (Lipinski definition) is 2. The highest BCUT2D eigenvalue weighted by Crippen LogP contribution is 2.33. The van der Waals surface area contributed by atoms with Crippen LogP contribution in [0.5, 0.6) is 0 Å². The first-order chi connectivity index (χ1) is 11.2.